The minimum absolute atomic E-state index is 0.268. The maximum absolute atomic E-state index is 12.1. The number of hydrogen-bond donors (Lipinski definition) is 1. The van der Waals surface area contributed by atoms with Gasteiger partial charge in [0.25, 0.3) is 0 Å². The molecule has 5 heteroatoms. The fourth-order valence-electron chi connectivity index (χ4n) is 1.92. The van der Waals surface area contributed by atoms with E-state index in [0.717, 1.165) is 5.56 Å². The molecular weight excluding hydrogens is 260 g/mol. The number of carbonyl (C=O) groups excluding carboxylic acids is 1. The Morgan fingerprint density at radius 3 is 2.79 bits per heavy atom. The molecule has 2 atom stereocenters. The van der Waals surface area contributed by atoms with E-state index in [0.29, 0.717) is 17.4 Å². The van der Waals surface area contributed by atoms with E-state index < -0.39 is 0 Å². The average molecular weight is 276 g/mol. The maximum atomic E-state index is 12.1. The molecule has 0 saturated carbocycles. The third-order valence-corrected chi connectivity index (χ3v) is 3.32. The van der Waals surface area contributed by atoms with Crippen LogP contribution in [0.3, 0.4) is 0 Å². The fraction of sp³-hybridized carbons (Fsp3) is 0.357. The summed E-state index contributed by atoms with van der Waals surface area (Å²) < 4.78 is 5.48. The van der Waals surface area contributed by atoms with Crippen molar-refractivity contribution >= 4 is 29.0 Å². The van der Waals surface area contributed by atoms with Gasteiger partial charge in [0.1, 0.15) is 12.0 Å². The van der Waals surface area contributed by atoms with E-state index in [1.165, 1.54) is 0 Å². The van der Waals surface area contributed by atoms with Gasteiger partial charge in [-0.25, -0.2) is 4.99 Å². The zero-order valence-electron chi connectivity index (χ0n) is 10.9. The number of nitrogens with zero attached hydrogens (tertiary/aromatic N) is 1. The third kappa shape index (κ3) is 3.38. The van der Waals surface area contributed by atoms with Crippen LogP contribution < -0.4 is 5.32 Å². The highest BCUT2D eigenvalue weighted by atomic mass is 32.1. The number of hydrogen-bond acceptors (Lipinski definition) is 3. The van der Waals surface area contributed by atoms with Gasteiger partial charge >= 0.3 is 5.97 Å². The van der Waals surface area contributed by atoms with Gasteiger partial charge in [-0.2, -0.15) is 0 Å². The normalized spacial score (nSPS) is 20.2. The Morgan fingerprint density at radius 2 is 2.16 bits per heavy atom. The number of ether oxygens (including phenoxy) is 1. The van der Waals surface area contributed by atoms with Gasteiger partial charge in [-0.15, -0.1) is 0 Å². The number of nitrogens with one attached hydrogen (secondary N) is 1. The first-order valence-corrected chi connectivity index (χ1v) is 6.57. The van der Waals surface area contributed by atoms with E-state index in [1.807, 2.05) is 37.3 Å². The second-order valence-electron chi connectivity index (χ2n) is 4.48. The summed E-state index contributed by atoms with van der Waals surface area (Å²) in [7, 11) is 0. The van der Waals surface area contributed by atoms with Crippen molar-refractivity contribution in [3.8, 4) is 0 Å². The quantitative estimate of drug-likeness (QED) is 0.679. The fourth-order valence-corrected chi connectivity index (χ4v) is 2.14. The highest BCUT2D eigenvalue weighted by molar-refractivity contribution is 7.80. The smallest absolute Gasteiger partial charge is 0.317 e. The van der Waals surface area contributed by atoms with Gasteiger partial charge in [0.2, 0.25) is 0 Å². The molecule has 0 aliphatic carbocycles. The molecule has 100 valence electrons. The van der Waals surface area contributed by atoms with Crippen molar-refractivity contribution in [2.24, 2.45) is 10.9 Å². The molecule has 0 fully saturated rings. The monoisotopic (exact) mass is 276 g/mol. The van der Waals surface area contributed by atoms with Crippen LogP contribution in [0.1, 0.15) is 25.5 Å². The molecule has 0 saturated heterocycles. The van der Waals surface area contributed by atoms with Crippen molar-refractivity contribution in [1.29, 1.82) is 0 Å². The van der Waals surface area contributed by atoms with Crippen LogP contribution in [-0.4, -0.2) is 23.3 Å². The molecule has 2 rings (SSSR count). The Kier molecular flexibility index (Phi) is 4.27. The number of thiocarbonyl (C=S) groups is 1. The number of rotatable bonds is 3. The zero-order chi connectivity index (χ0) is 13.8. The minimum Gasteiger partial charge on any atom is -0.457 e. The van der Waals surface area contributed by atoms with Crippen LogP contribution in [0.25, 0.3) is 0 Å². The molecule has 0 spiro atoms. The SMILES string of the molecule is CC1=NC(=S)NCC1C(=O)OC(C)c1ccccc1. The van der Waals surface area contributed by atoms with Gasteiger partial charge in [-0.05, 0) is 31.6 Å². The van der Waals surface area contributed by atoms with Gasteiger partial charge in [-0.3, -0.25) is 4.79 Å². The van der Waals surface area contributed by atoms with E-state index in [-0.39, 0.29) is 18.0 Å². The average Bonchev–Trinajstić information content (AvgIpc) is 2.39. The maximum Gasteiger partial charge on any atom is 0.317 e. The predicted octanol–water partition coefficient (Wildman–Crippen LogP) is 2.26. The summed E-state index contributed by atoms with van der Waals surface area (Å²) >= 11 is 4.94. The van der Waals surface area contributed by atoms with Crippen LogP contribution in [-0.2, 0) is 9.53 Å². The molecule has 2 unspecified atom stereocenters. The number of carbonyl (C=O) groups is 1. The van der Waals surface area contributed by atoms with Crippen LogP contribution in [0.2, 0.25) is 0 Å². The molecule has 1 aliphatic rings. The molecule has 4 nitrogen and oxygen atoms in total. The second kappa shape index (κ2) is 5.93. The van der Waals surface area contributed by atoms with Gasteiger partial charge in [0.15, 0.2) is 5.11 Å². The Morgan fingerprint density at radius 1 is 1.47 bits per heavy atom. The van der Waals surface area contributed by atoms with Crippen molar-refractivity contribution < 1.29 is 9.53 Å². The summed E-state index contributed by atoms with van der Waals surface area (Å²) in [6, 6.07) is 9.65. The summed E-state index contributed by atoms with van der Waals surface area (Å²) in [5.74, 6) is -0.634. The molecule has 0 aromatic heterocycles. The number of benzene rings is 1. The van der Waals surface area contributed by atoms with Crippen LogP contribution >= 0.6 is 12.2 Å². The Balaban J connectivity index is 2.02. The van der Waals surface area contributed by atoms with Gasteiger partial charge < -0.3 is 10.1 Å². The van der Waals surface area contributed by atoms with Gasteiger partial charge in [0.05, 0.1) is 0 Å². The van der Waals surface area contributed by atoms with Gasteiger partial charge in [0, 0.05) is 12.3 Å². The highest BCUT2D eigenvalue weighted by Crippen LogP contribution is 2.19. The van der Waals surface area contributed by atoms with Crippen LogP contribution in [0.5, 0.6) is 0 Å². The summed E-state index contributed by atoms with van der Waals surface area (Å²) in [5.41, 5.74) is 1.68. The lowest BCUT2D eigenvalue weighted by atomic mass is 10.0. The standard InChI is InChI=1S/C14H16N2O2S/c1-9-12(8-15-14(19)16-9)13(17)18-10(2)11-6-4-3-5-7-11/h3-7,10,12H,8H2,1-2H3,(H,15,19). The predicted molar refractivity (Wildman–Crippen MR) is 78.1 cm³/mol. The largest absolute Gasteiger partial charge is 0.457 e. The van der Waals surface area contributed by atoms with Gasteiger partial charge in [-0.1, -0.05) is 30.3 Å². The number of esters is 1. The first kappa shape index (κ1) is 13.7. The van der Waals surface area contributed by atoms with Crippen LogP contribution in [0.15, 0.2) is 35.3 Å². The highest BCUT2D eigenvalue weighted by Gasteiger charge is 2.28. The van der Waals surface area contributed by atoms with Crippen molar-refractivity contribution in [2.45, 2.75) is 20.0 Å². The molecule has 0 bridgehead atoms. The van der Waals surface area contributed by atoms with Crippen molar-refractivity contribution in [1.82, 2.24) is 5.32 Å². The molecule has 1 aromatic carbocycles. The van der Waals surface area contributed by atoms with Crippen molar-refractivity contribution in [2.75, 3.05) is 6.54 Å². The molecule has 19 heavy (non-hydrogen) atoms. The molecule has 0 radical (unpaired) electrons. The third-order valence-electron chi connectivity index (χ3n) is 3.09. The summed E-state index contributed by atoms with van der Waals surface area (Å²) in [5, 5.41) is 3.33. The summed E-state index contributed by atoms with van der Waals surface area (Å²) in [4.78, 5) is 16.2. The van der Waals surface area contributed by atoms with E-state index in [1.54, 1.807) is 6.92 Å². The Hall–Kier alpha value is -1.75. The first-order valence-electron chi connectivity index (χ1n) is 6.16. The molecule has 1 heterocycles. The lowest BCUT2D eigenvalue weighted by Gasteiger charge is -2.23. The summed E-state index contributed by atoms with van der Waals surface area (Å²) in [6.45, 7) is 4.11. The lowest BCUT2D eigenvalue weighted by molar-refractivity contribution is -0.151. The Labute approximate surface area is 117 Å². The van der Waals surface area contributed by atoms with Crippen molar-refractivity contribution in [3.05, 3.63) is 35.9 Å². The first-order chi connectivity index (χ1) is 9.08. The van der Waals surface area contributed by atoms with Crippen molar-refractivity contribution in [3.63, 3.8) is 0 Å². The molecular formula is C14H16N2O2S. The summed E-state index contributed by atoms with van der Waals surface area (Å²) in [6.07, 6.45) is -0.268. The topological polar surface area (TPSA) is 50.7 Å². The van der Waals surface area contributed by atoms with Crippen LogP contribution in [0, 0.1) is 5.92 Å². The number of aliphatic imine (C=N–C) groups is 1. The van der Waals surface area contributed by atoms with E-state index in [9.17, 15) is 4.79 Å². The molecule has 1 aromatic rings. The molecule has 1 aliphatic heterocycles. The molecule has 0 amide bonds. The van der Waals surface area contributed by atoms with E-state index in [2.05, 4.69) is 10.3 Å². The molecule has 1 N–H and O–H groups in total. The second-order valence-corrected chi connectivity index (χ2v) is 4.87. The minimum atomic E-state index is -0.363. The van der Waals surface area contributed by atoms with E-state index >= 15 is 0 Å². The van der Waals surface area contributed by atoms with Crippen LogP contribution in [0.4, 0.5) is 0 Å². The Bertz CT molecular complexity index is 513. The van der Waals surface area contributed by atoms with E-state index in [4.69, 9.17) is 17.0 Å². The zero-order valence-corrected chi connectivity index (χ0v) is 11.7. The lowest BCUT2D eigenvalue weighted by Crippen LogP contribution is -2.41.